The normalized spacial score (nSPS) is 21.0. The quantitative estimate of drug-likeness (QED) is 0.801. The van der Waals surface area contributed by atoms with Gasteiger partial charge in [-0.15, -0.1) is 0 Å². The third kappa shape index (κ3) is 2.32. The van der Waals surface area contributed by atoms with Crippen LogP contribution in [0.4, 0.5) is 0 Å². The number of rotatable bonds is 2. The lowest BCUT2D eigenvalue weighted by Crippen LogP contribution is -2.13. The summed E-state index contributed by atoms with van der Waals surface area (Å²) < 4.78 is 0.911. The Morgan fingerprint density at radius 1 is 1.31 bits per heavy atom. The summed E-state index contributed by atoms with van der Waals surface area (Å²) in [5, 5.41) is 0. The molecule has 1 N–H and O–H groups in total. The van der Waals surface area contributed by atoms with Crippen molar-refractivity contribution in [1.29, 1.82) is 0 Å². The lowest BCUT2D eigenvalue weighted by molar-refractivity contribution is 0.0467. The van der Waals surface area contributed by atoms with Crippen molar-refractivity contribution in [1.82, 2.24) is 5.48 Å². The molecule has 68 valence electrons. The maximum Gasteiger partial charge on any atom is 0.110 e. The highest BCUT2D eigenvalue weighted by molar-refractivity contribution is 9.11. The number of hydrogen-bond donors (Lipinski definition) is 1. The molecule has 0 bridgehead atoms. The van der Waals surface area contributed by atoms with Crippen LogP contribution in [0.3, 0.4) is 0 Å². The monoisotopic (exact) mass is 239 g/mol. The van der Waals surface area contributed by atoms with Gasteiger partial charge in [-0.2, -0.15) is 0 Å². The lowest BCUT2D eigenvalue weighted by atomic mass is 10.1. The highest BCUT2D eigenvalue weighted by Crippen LogP contribution is 2.15. The van der Waals surface area contributed by atoms with E-state index >= 15 is 0 Å². The average molecular weight is 240 g/mol. The smallest absolute Gasteiger partial charge is 0.110 e. The first-order valence-corrected chi connectivity index (χ1v) is 4.97. The van der Waals surface area contributed by atoms with E-state index in [0.29, 0.717) is 0 Å². The zero-order valence-corrected chi connectivity index (χ0v) is 8.62. The van der Waals surface area contributed by atoms with Crippen molar-refractivity contribution in [2.45, 2.75) is 12.5 Å². The average Bonchev–Trinajstić information content (AvgIpc) is 2.53. The number of benzene rings is 1. The van der Waals surface area contributed by atoms with E-state index in [1.807, 2.05) is 24.3 Å². The number of halogens is 1. The maximum atomic E-state index is 5.28. The molecule has 1 atom stereocenters. The van der Waals surface area contributed by atoms with Gasteiger partial charge in [0.15, 0.2) is 0 Å². The molecule has 0 saturated carbocycles. The van der Waals surface area contributed by atoms with Crippen LogP contribution >= 0.6 is 15.9 Å². The van der Waals surface area contributed by atoms with Crippen molar-refractivity contribution >= 4 is 15.9 Å². The molecule has 0 spiro atoms. The van der Waals surface area contributed by atoms with Crippen molar-refractivity contribution in [2.75, 3.05) is 0 Å². The van der Waals surface area contributed by atoms with Gasteiger partial charge in [-0.05, 0) is 27.6 Å². The van der Waals surface area contributed by atoms with Crippen molar-refractivity contribution in [3.63, 3.8) is 0 Å². The molecule has 2 nitrogen and oxygen atoms in total. The number of nitrogens with one attached hydrogen (secondary N) is 1. The van der Waals surface area contributed by atoms with E-state index in [-0.39, 0.29) is 6.10 Å². The fourth-order valence-electron chi connectivity index (χ4n) is 1.31. The fraction of sp³-hybridized carbons (Fsp3) is 0.200. The van der Waals surface area contributed by atoms with E-state index in [9.17, 15) is 0 Å². The molecule has 2 rings (SSSR count). The van der Waals surface area contributed by atoms with Crippen LogP contribution in [0.1, 0.15) is 5.56 Å². The molecule has 13 heavy (non-hydrogen) atoms. The molecule has 1 aliphatic rings. The van der Waals surface area contributed by atoms with Gasteiger partial charge in [0.1, 0.15) is 10.7 Å². The first-order valence-electron chi connectivity index (χ1n) is 4.17. The summed E-state index contributed by atoms with van der Waals surface area (Å²) in [5.74, 6) is 0. The Labute approximate surface area is 85.7 Å². The summed E-state index contributed by atoms with van der Waals surface area (Å²) in [4.78, 5) is 5.28. The summed E-state index contributed by atoms with van der Waals surface area (Å²) in [6.07, 6.45) is 3.06. The summed E-state index contributed by atoms with van der Waals surface area (Å²) in [6, 6.07) is 10.3. The third-order valence-electron chi connectivity index (χ3n) is 1.92. The largest absolute Gasteiger partial charge is 0.268 e. The summed E-state index contributed by atoms with van der Waals surface area (Å²) in [6.45, 7) is 0. The SMILES string of the molecule is BrC1=CC(Cc2ccccc2)ON1. The van der Waals surface area contributed by atoms with Gasteiger partial charge >= 0.3 is 0 Å². The van der Waals surface area contributed by atoms with Crippen LogP contribution in [0.25, 0.3) is 0 Å². The molecule has 3 heteroatoms. The third-order valence-corrected chi connectivity index (χ3v) is 2.35. The van der Waals surface area contributed by atoms with Crippen molar-refractivity contribution in [3.8, 4) is 0 Å². The summed E-state index contributed by atoms with van der Waals surface area (Å²) in [7, 11) is 0. The van der Waals surface area contributed by atoms with Gasteiger partial charge in [-0.1, -0.05) is 30.3 Å². The fourth-order valence-corrected chi connectivity index (χ4v) is 1.70. The Morgan fingerprint density at radius 2 is 2.08 bits per heavy atom. The predicted molar refractivity (Wildman–Crippen MR) is 55.2 cm³/mol. The van der Waals surface area contributed by atoms with Crippen molar-refractivity contribution in [2.24, 2.45) is 0 Å². The van der Waals surface area contributed by atoms with E-state index < -0.39 is 0 Å². The van der Waals surface area contributed by atoms with Crippen LogP contribution in [0, 0.1) is 0 Å². The van der Waals surface area contributed by atoms with Gasteiger partial charge in [0, 0.05) is 6.42 Å². The van der Waals surface area contributed by atoms with E-state index in [0.717, 1.165) is 11.0 Å². The molecule has 1 aromatic carbocycles. The molecule has 0 aliphatic carbocycles. The van der Waals surface area contributed by atoms with Crippen LogP contribution in [0.15, 0.2) is 41.0 Å². The molecule has 1 aliphatic heterocycles. The number of hydroxylamine groups is 1. The molecule has 0 saturated heterocycles. The second-order valence-corrected chi connectivity index (χ2v) is 3.82. The van der Waals surface area contributed by atoms with Crippen LogP contribution in [-0.4, -0.2) is 6.10 Å². The Kier molecular flexibility index (Phi) is 2.66. The first kappa shape index (κ1) is 8.78. The second kappa shape index (κ2) is 3.94. The lowest BCUT2D eigenvalue weighted by Gasteiger charge is -2.06. The first-order chi connectivity index (χ1) is 6.34. The molecular weight excluding hydrogens is 230 g/mol. The van der Waals surface area contributed by atoms with Gasteiger partial charge in [0.25, 0.3) is 0 Å². The minimum Gasteiger partial charge on any atom is -0.268 e. The minimum atomic E-state index is 0.136. The van der Waals surface area contributed by atoms with Gasteiger partial charge in [-0.25, -0.2) is 0 Å². The van der Waals surface area contributed by atoms with Crippen LogP contribution < -0.4 is 5.48 Å². The second-order valence-electron chi connectivity index (χ2n) is 2.96. The highest BCUT2D eigenvalue weighted by atomic mass is 79.9. The van der Waals surface area contributed by atoms with Gasteiger partial charge in [0.2, 0.25) is 0 Å². The molecule has 0 aromatic heterocycles. The molecule has 0 amide bonds. The molecule has 0 radical (unpaired) electrons. The summed E-state index contributed by atoms with van der Waals surface area (Å²) in [5.41, 5.74) is 4.05. The van der Waals surface area contributed by atoms with E-state index in [4.69, 9.17) is 4.84 Å². The van der Waals surface area contributed by atoms with Crippen molar-refractivity contribution < 1.29 is 4.84 Å². The Hall–Kier alpha value is -0.800. The Bertz CT molecular complexity index is 310. The van der Waals surface area contributed by atoms with E-state index in [2.05, 4.69) is 33.5 Å². The molecule has 0 fully saturated rings. The summed E-state index contributed by atoms with van der Waals surface area (Å²) >= 11 is 3.32. The molecule has 1 aromatic rings. The zero-order chi connectivity index (χ0) is 9.10. The predicted octanol–water partition coefficient (Wildman–Crippen LogP) is 2.37. The molecule has 1 heterocycles. The van der Waals surface area contributed by atoms with Gasteiger partial charge in [0.05, 0.1) is 0 Å². The van der Waals surface area contributed by atoms with Crippen LogP contribution in [0.2, 0.25) is 0 Å². The number of hydrogen-bond acceptors (Lipinski definition) is 2. The van der Waals surface area contributed by atoms with E-state index in [1.54, 1.807) is 0 Å². The Balaban J connectivity index is 2.00. The van der Waals surface area contributed by atoms with E-state index in [1.165, 1.54) is 5.56 Å². The Morgan fingerprint density at radius 3 is 2.69 bits per heavy atom. The minimum absolute atomic E-state index is 0.136. The maximum absolute atomic E-state index is 5.28. The molecular formula is C10H10BrNO. The van der Waals surface area contributed by atoms with Gasteiger partial charge < -0.3 is 0 Å². The standard InChI is InChI=1S/C10H10BrNO/c11-10-7-9(13-12-10)6-8-4-2-1-3-5-8/h1-5,7,9,12H,6H2. The molecule has 1 unspecified atom stereocenters. The highest BCUT2D eigenvalue weighted by Gasteiger charge is 2.14. The topological polar surface area (TPSA) is 21.3 Å². The van der Waals surface area contributed by atoms with Crippen LogP contribution in [0.5, 0.6) is 0 Å². The van der Waals surface area contributed by atoms with Crippen molar-refractivity contribution in [3.05, 3.63) is 46.6 Å². The van der Waals surface area contributed by atoms with Gasteiger partial charge in [-0.3, -0.25) is 10.3 Å². The zero-order valence-electron chi connectivity index (χ0n) is 7.03. The van der Waals surface area contributed by atoms with Crippen LogP contribution in [-0.2, 0) is 11.3 Å².